The lowest BCUT2D eigenvalue weighted by molar-refractivity contribution is 0.0899. The summed E-state index contributed by atoms with van der Waals surface area (Å²) in [6.07, 6.45) is 5.20. The highest BCUT2D eigenvalue weighted by Gasteiger charge is 2.26. The van der Waals surface area contributed by atoms with Crippen molar-refractivity contribution in [1.82, 2.24) is 10.2 Å². The summed E-state index contributed by atoms with van der Waals surface area (Å²) in [6, 6.07) is 4.89. The highest BCUT2D eigenvalue weighted by molar-refractivity contribution is 7.80. The first kappa shape index (κ1) is 13.3. The van der Waals surface area contributed by atoms with Crippen molar-refractivity contribution >= 4 is 28.7 Å². The molecule has 0 unspecified atom stereocenters. The topological polar surface area (TPSA) is 24.5 Å². The van der Waals surface area contributed by atoms with Gasteiger partial charge in [0.2, 0.25) is 0 Å². The first-order chi connectivity index (χ1) is 9.31. The van der Waals surface area contributed by atoms with Crippen molar-refractivity contribution in [3.8, 4) is 0 Å². The van der Waals surface area contributed by atoms with Crippen LogP contribution in [0.4, 0.5) is 0 Å². The SMILES string of the molecule is S=C(NC1CC1)N(Cc1cccs1)C[C@@H]1CCCO1. The quantitative estimate of drug-likeness (QED) is 0.845. The van der Waals surface area contributed by atoms with Gasteiger partial charge in [0.15, 0.2) is 5.11 Å². The molecular weight excluding hydrogens is 276 g/mol. The highest BCUT2D eigenvalue weighted by atomic mass is 32.1. The van der Waals surface area contributed by atoms with E-state index in [0.717, 1.165) is 31.2 Å². The van der Waals surface area contributed by atoms with E-state index in [0.29, 0.717) is 12.1 Å². The van der Waals surface area contributed by atoms with Crippen LogP contribution in [0.5, 0.6) is 0 Å². The first-order valence-corrected chi connectivity index (χ1v) is 8.29. The van der Waals surface area contributed by atoms with Crippen molar-refractivity contribution in [2.45, 2.75) is 44.4 Å². The molecule has 0 bridgehead atoms. The molecule has 1 aromatic heterocycles. The zero-order valence-electron chi connectivity index (χ0n) is 11.0. The summed E-state index contributed by atoms with van der Waals surface area (Å²) < 4.78 is 5.75. The number of hydrogen-bond acceptors (Lipinski definition) is 3. The van der Waals surface area contributed by atoms with Crippen molar-refractivity contribution in [3.63, 3.8) is 0 Å². The summed E-state index contributed by atoms with van der Waals surface area (Å²) in [5.41, 5.74) is 0. The van der Waals surface area contributed by atoms with Gasteiger partial charge in [-0.25, -0.2) is 0 Å². The van der Waals surface area contributed by atoms with Gasteiger partial charge in [0.25, 0.3) is 0 Å². The van der Waals surface area contributed by atoms with Gasteiger partial charge in [0.05, 0.1) is 12.6 Å². The predicted molar refractivity (Wildman–Crippen MR) is 82.5 cm³/mol. The van der Waals surface area contributed by atoms with E-state index in [9.17, 15) is 0 Å². The lowest BCUT2D eigenvalue weighted by Gasteiger charge is -2.27. The summed E-state index contributed by atoms with van der Waals surface area (Å²) >= 11 is 7.35. The Morgan fingerprint density at radius 2 is 2.37 bits per heavy atom. The molecule has 104 valence electrons. The van der Waals surface area contributed by atoms with E-state index in [1.54, 1.807) is 11.3 Å². The summed E-state index contributed by atoms with van der Waals surface area (Å²) in [5, 5.41) is 6.46. The van der Waals surface area contributed by atoms with E-state index in [4.69, 9.17) is 17.0 Å². The second-order valence-corrected chi connectivity index (χ2v) is 6.74. The molecule has 2 heterocycles. The molecule has 0 radical (unpaired) electrons. The van der Waals surface area contributed by atoms with Crippen LogP contribution in [0.15, 0.2) is 17.5 Å². The molecular formula is C14H20N2OS2. The third kappa shape index (κ3) is 3.91. The minimum atomic E-state index is 0.346. The fourth-order valence-electron chi connectivity index (χ4n) is 2.34. The second kappa shape index (κ2) is 6.20. The summed E-state index contributed by atoms with van der Waals surface area (Å²) in [4.78, 5) is 3.63. The minimum Gasteiger partial charge on any atom is -0.376 e. The van der Waals surface area contributed by atoms with E-state index < -0.39 is 0 Å². The van der Waals surface area contributed by atoms with Crippen LogP contribution in [-0.2, 0) is 11.3 Å². The number of nitrogens with one attached hydrogen (secondary N) is 1. The third-order valence-corrected chi connectivity index (χ3v) is 4.80. The molecule has 1 aliphatic carbocycles. The Balaban J connectivity index is 1.60. The molecule has 1 saturated carbocycles. The fourth-order valence-corrected chi connectivity index (χ4v) is 3.36. The average Bonchev–Trinajstić information content (AvgIpc) is 2.90. The van der Waals surface area contributed by atoms with Gasteiger partial charge in [-0.2, -0.15) is 0 Å². The van der Waals surface area contributed by atoms with Crippen LogP contribution in [0.3, 0.4) is 0 Å². The molecule has 1 N–H and O–H groups in total. The van der Waals surface area contributed by atoms with Crippen molar-refractivity contribution in [2.75, 3.05) is 13.2 Å². The Morgan fingerprint density at radius 3 is 3.00 bits per heavy atom. The van der Waals surface area contributed by atoms with E-state index in [2.05, 4.69) is 27.7 Å². The predicted octanol–water partition coefficient (Wildman–Crippen LogP) is 2.77. The maximum atomic E-state index is 5.75. The van der Waals surface area contributed by atoms with Gasteiger partial charge in [-0.05, 0) is 49.3 Å². The molecule has 1 saturated heterocycles. The van der Waals surface area contributed by atoms with Crippen LogP contribution in [0.2, 0.25) is 0 Å². The summed E-state index contributed by atoms with van der Waals surface area (Å²) in [7, 11) is 0. The maximum absolute atomic E-state index is 5.75. The summed E-state index contributed by atoms with van der Waals surface area (Å²) in [6.45, 7) is 2.72. The number of thiocarbonyl (C=S) groups is 1. The fraction of sp³-hybridized carbons (Fsp3) is 0.643. The molecule has 1 aliphatic heterocycles. The molecule has 1 atom stereocenters. The maximum Gasteiger partial charge on any atom is 0.169 e. The second-order valence-electron chi connectivity index (χ2n) is 5.32. The molecule has 3 rings (SSSR count). The van der Waals surface area contributed by atoms with E-state index in [-0.39, 0.29) is 0 Å². The Kier molecular flexibility index (Phi) is 4.35. The highest BCUT2D eigenvalue weighted by Crippen LogP contribution is 2.21. The van der Waals surface area contributed by atoms with Crippen LogP contribution >= 0.6 is 23.6 Å². The lowest BCUT2D eigenvalue weighted by atomic mass is 10.2. The molecule has 0 amide bonds. The monoisotopic (exact) mass is 296 g/mol. The largest absolute Gasteiger partial charge is 0.376 e. The Morgan fingerprint density at radius 1 is 1.47 bits per heavy atom. The molecule has 19 heavy (non-hydrogen) atoms. The van der Waals surface area contributed by atoms with Crippen molar-refractivity contribution in [3.05, 3.63) is 22.4 Å². The van der Waals surface area contributed by atoms with Crippen LogP contribution in [0.1, 0.15) is 30.6 Å². The molecule has 2 fully saturated rings. The average molecular weight is 296 g/mol. The van der Waals surface area contributed by atoms with Gasteiger partial charge in [-0.15, -0.1) is 11.3 Å². The van der Waals surface area contributed by atoms with Gasteiger partial charge < -0.3 is 15.0 Å². The zero-order chi connectivity index (χ0) is 13.1. The zero-order valence-corrected chi connectivity index (χ0v) is 12.6. The lowest BCUT2D eigenvalue weighted by Crippen LogP contribution is -2.43. The van der Waals surface area contributed by atoms with Gasteiger partial charge in [-0.3, -0.25) is 0 Å². The molecule has 1 aromatic rings. The Hall–Kier alpha value is -0.650. The van der Waals surface area contributed by atoms with E-state index >= 15 is 0 Å². The molecule has 0 aromatic carbocycles. The van der Waals surface area contributed by atoms with E-state index in [1.807, 2.05) is 0 Å². The standard InChI is InChI=1S/C14H20N2OS2/c18-14(15-11-5-6-11)16(9-12-3-1-7-17-12)10-13-4-2-8-19-13/h2,4,8,11-12H,1,3,5-7,9-10H2,(H,15,18)/t12-/m0/s1. The van der Waals surface area contributed by atoms with Gasteiger partial charge in [0, 0.05) is 24.1 Å². The molecule has 2 aliphatic rings. The molecule has 3 nitrogen and oxygen atoms in total. The van der Waals surface area contributed by atoms with Crippen LogP contribution < -0.4 is 5.32 Å². The molecule has 5 heteroatoms. The summed E-state index contributed by atoms with van der Waals surface area (Å²) in [5.74, 6) is 0. The molecule has 0 spiro atoms. The first-order valence-electron chi connectivity index (χ1n) is 7.00. The normalized spacial score (nSPS) is 22.4. The number of thiophene rings is 1. The third-order valence-electron chi connectivity index (χ3n) is 3.57. The van der Waals surface area contributed by atoms with Crippen LogP contribution in [0, 0.1) is 0 Å². The number of ether oxygens (including phenoxy) is 1. The Labute approximate surface area is 123 Å². The minimum absolute atomic E-state index is 0.346. The van der Waals surface area contributed by atoms with E-state index in [1.165, 1.54) is 24.1 Å². The van der Waals surface area contributed by atoms with Gasteiger partial charge in [0.1, 0.15) is 0 Å². The van der Waals surface area contributed by atoms with Crippen LogP contribution in [0.25, 0.3) is 0 Å². The number of rotatable bonds is 5. The van der Waals surface area contributed by atoms with Crippen molar-refractivity contribution in [2.24, 2.45) is 0 Å². The van der Waals surface area contributed by atoms with Crippen molar-refractivity contribution < 1.29 is 4.74 Å². The van der Waals surface area contributed by atoms with Crippen molar-refractivity contribution in [1.29, 1.82) is 0 Å². The smallest absolute Gasteiger partial charge is 0.169 e. The van der Waals surface area contributed by atoms with Gasteiger partial charge >= 0.3 is 0 Å². The Bertz CT molecular complexity index is 411. The van der Waals surface area contributed by atoms with Crippen LogP contribution in [-0.4, -0.2) is 35.3 Å². The van der Waals surface area contributed by atoms with Gasteiger partial charge in [-0.1, -0.05) is 6.07 Å². The number of nitrogens with zero attached hydrogens (tertiary/aromatic N) is 1. The number of hydrogen-bond donors (Lipinski definition) is 1.